The van der Waals surface area contributed by atoms with Crippen molar-refractivity contribution in [3.8, 4) is 0 Å². The third-order valence-corrected chi connectivity index (χ3v) is 8.76. The fraction of sp³-hybridized carbons (Fsp3) is 0.583. The number of nitrogens with one attached hydrogen (secondary N) is 2. The summed E-state index contributed by atoms with van der Waals surface area (Å²) in [6.45, 7) is 2.90. The molecule has 1 spiro atoms. The number of amides is 2. The van der Waals surface area contributed by atoms with Crippen molar-refractivity contribution in [1.29, 1.82) is 0 Å². The molecule has 1 atom stereocenters. The van der Waals surface area contributed by atoms with Gasteiger partial charge in [0.2, 0.25) is 21.8 Å². The molecule has 2 heterocycles. The SMILES string of the molecule is NNC=NCCC(=O)N1CCC2(CC1)CCN(C(=O)CCC(NS(=O)(=O)c1ccccc1)C(=O)O)CC2. The highest BCUT2D eigenvalue weighted by atomic mass is 32.2. The number of hydrogen-bond donors (Lipinski definition) is 4. The predicted octanol–water partition coefficient (Wildman–Crippen LogP) is 0.311. The molecule has 204 valence electrons. The summed E-state index contributed by atoms with van der Waals surface area (Å²) in [4.78, 5) is 44.4. The summed E-state index contributed by atoms with van der Waals surface area (Å²) in [6.07, 6.45) is 4.93. The molecule has 1 aromatic carbocycles. The minimum atomic E-state index is -4.01. The number of piperidine rings is 2. The lowest BCUT2D eigenvalue weighted by atomic mass is 9.71. The van der Waals surface area contributed by atoms with Crippen LogP contribution in [0.25, 0.3) is 0 Å². The molecule has 13 heteroatoms. The molecule has 1 aromatic rings. The van der Waals surface area contributed by atoms with Crippen LogP contribution < -0.4 is 16.0 Å². The number of carbonyl (C=O) groups is 3. The molecule has 2 aliphatic heterocycles. The van der Waals surface area contributed by atoms with Gasteiger partial charge in [0.1, 0.15) is 6.04 Å². The Kier molecular flexibility index (Phi) is 10.0. The van der Waals surface area contributed by atoms with E-state index in [1.807, 2.05) is 4.90 Å². The van der Waals surface area contributed by atoms with Crippen molar-refractivity contribution in [2.45, 2.75) is 55.9 Å². The first-order valence-corrected chi connectivity index (χ1v) is 13.9. The lowest BCUT2D eigenvalue weighted by molar-refractivity contribution is -0.139. The average molecular weight is 537 g/mol. The molecular formula is C24H36N6O6S. The second-order valence-corrected chi connectivity index (χ2v) is 11.3. The fourth-order valence-corrected chi connectivity index (χ4v) is 6.15. The highest BCUT2D eigenvalue weighted by Crippen LogP contribution is 2.41. The van der Waals surface area contributed by atoms with Gasteiger partial charge >= 0.3 is 5.97 Å². The Hall–Kier alpha value is -3.03. The van der Waals surface area contributed by atoms with Gasteiger partial charge in [-0.05, 0) is 49.7 Å². The van der Waals surface area contributed by atoms with E-state index < -0.39 is 22.0 Å². The molecule has 1 unspecified atom stereocenters. The first-order chi connectivity index (χ1) is 17.7. The standard InChI is InChI=1S/C24H36N6O6S/c25-27-18-26-13-8-22(32)30-16-11-24(12-17-30)9-14-29(15-10-24)21(31)7-6-20(23(33)34)28-37(35,36)19-4-2-1-3-5-19/h1-5,18,20,28H,6-17,25H2,(H,26,27)(H,33,34). The number of carboxylic acid groups (broad SMARTS) is 1. The second-order valence-electron chi connectivity index (χ2n) is 9.58. The summed E-state index contributed by atoms with van der Waals surface area (Å²) in [5, 5.41) is 9.51. The molecule has 3 rings (SSSR count). The van der Waals surface area contributed by atoms with Gasteiger partial charge in [-0.25, -0.2) is 14.3 Å². The molecule has 2 amide bonds. The number of hydrazine groups is 1. The summed E-state index contributed by atoms with van der Waals surface area (Å²) in [5.41, 5.74) is 2.41. The fourth-order valence-electron chi connectivity index (χ4n) is 4.91. The van der Waals surface area contributed by atoms with Gasteiger partial charge in [0.15, 0.2) is 0 Å². The number of benzene rings is 1. The summed E-state index contributed by atoms with van der Waals surface area (Å²) < 4.78 is 27.2. The minimum absolute atomic E-state index is 0.0287. The normalized spacial score (nSPS) is 18.6. The molecule has 0 aromatic heterocycles. The van der Waals surface area contributed by atoms with E-state index in [9.17, 15) is 27.9 Å². The van der Waals surface area contributed by atoms with E-state index in [2.05, 4.69) is 15.1 Å². The van der Waals surface area contributed by atoms with Crippen LogP contribution in [0.2, 0.25) is 0 Å². The number of sulfonamides is 1. The van der Waals surface area contributed by atoms with Gasteiger partial charge in [0.25, 0.3) is 0 Å². The molecule has 37 heavy (non-hydrogen) atoms. The number of carboxylic acids is 1. The molecular weight excluding hydrogens is 500 g/mol. The first-order valence-electron chi connectivity index (χ1n) is 12.5. The van der Waals surface area contributed by atoms with E-state index in [0.717, 1.165) is 25.7 Å². The van der Waals surface area contributed by atoms with Gasteiger partial charge < -0.3 is 20.3 Å². The summed E-state index contributed by atoms with van der Waals surface area (Å²) >= 11 is 0. The van der Waals surface area contributed by atoms with Gasteiger partial charge in [-0.1, -0.05) is 18.2 Å². The monoisotopic (exact) mass is 536 g/mol. The minimum Gasteiger partial charge on any atom is -0.480 e. The van der Waals surface area contributed by atoms with Crippen LogP contribution in [0.4, 0.5) is 0 Å². The molecule has 2 saturated heterocycles. The Morgan fingerprint density at radius 1 is 1.00 bits per heavy atom. The maximum Gasteiger partial charge on any atom is 0.321 e. The number of hydrogen-bond acceptors (Lipinski definition) is 7. The molecule has 0 aliphatic carbocycles. The van der Waals surface area contributed by atoms with Gasteiger partial charge in [0, 0.05) is 45.6 Å². The zero-order valence-electron chi connectivity index (χ0n) is 20.8. The number of nitrogens with two attached hydrogens (primary N) is 1. The molecule has 2 aliphatic rings. The van der Waals surface area contributed by atoms with Crippen molar-refractivity contribution in [2.24, 2.45) is 16.3 Å². The van der Waals surface area contributed by atoms with Crippen LogP contribution in [0.3, 0.4) is 0 Å². The van der Waals surface area contributed by atoms with Gasteiger partial charge in [-0.2, -0.15) is 4.72 Å². The molecule has 12 nitrogen and oxygen atoms in total. The number of nitrogens with zero attached hydrogens (tertiary/aromatic N) is 3. The highest BCUT2D eigenvalue weighted by molar-refractivity contribution is 7.89. The lowest BCUT2D eigenvalue weighted by Gasteiger charge is -2.47. The van der Waals surface area contributed by atoms with Crippen LogP contribution >= 0.6 is 0 Å². The van der Waals surface area contributed by atoms with Crippen LogP contribution in [0.5, 0.6) is 0 Å². The molecule has 5 N–H and O–H groups in total. The quantitative estimate of drug-likeness (QED) is 0.135. The number of likely N-dealkylation sites (tertiary alicyclic amines) is 2. The van der Waals surface area contributed by atoms with Crippen LogP contribution in [-0.4, -0.2) is 86.2 Å². The third kappa shape index (κ3) is 7.98. The van der Waals surface area contributed by atoms with Crippen molar-refractivity contribution in [1.82, 2.24) is 19.9 Å². The maximum absolute atomic E-state index is 12.8. The summed E-state index contributed by atoms with van der Waals surface area (Å²) in [5.74, 6) is 3.68. The van der Waals surface area contributed by atoms with Crippen LogP contribution in [0, 0.1) is 5.41 Å². The lowest BCUT2D eigenvalue weighted by Crippen LogP contribution is -2.49. The Morgan fingerprint density at radius 2 is 1.54 bits per heavy atom. The Morgan fingerprint density at radius 3 is 2.05 bits per heavy atom. The van der Waals surface area contributed by atoms with E-state index >= 15 is 0 Å². The Bertz CT molecular complexity index is 1060. The zero-order valence-corrected chi connectivity index (χ0v) is 21.7. The molecule has 2 fully saturated rings. The van der Waals surface area contributed by atoms with Gasteiger partial charge in [-0.15, -0.1) is 0 Å². The van der Waals surface area contributed by atoms with E-state index in [4.69, 9.17) is 5.84 Å². The highest BCUT2D eigenvalue weighted by Gasteiger charge is 2.39. The molecule has 0 bridgehead atoms. The van der Waals surface area contributed by atoms with E-state index in [1.165, 1.54) is 18.5 Å². The largest absolute Gasteiger partial charge is 0.480 e. The van der Waals surface area contributed by atoms with Crippen molar-refractivity contribution in [2.75, 3.05) is 32.7 Å². The third-order valence-electron chi connectivity index (χ3n) is 7.27. The van der Waals surface area contributed by atoms with Crippen LogP contribution in [0.1, 0.15) is 44.9 Å². The topological polar surface area (TPSA) is 174 Å². The van der Waals surface area contributed by atoms with E-state index in [0.29, 0.717) is 39.1 Å². The summed E-state index contributed by atoms with van der Waals surface area (Å²) in [6, 6.07) is 6.13. The molecule has 0 saturated carbocycles. The van der Waals surface area contributed by atoms with Crippen molar-refractivity contribution in [3.05, 3.63) is 30.3 Å². The Balaban J connectivity index is 1.44. The predicted molar refractivity (Wildman–Crippen MR) is 137 cm³/mol. The number of rotatable bonds is 11. The van der Waals surface area contributed by atoms with Crippen LogP contribution in [0.15, 0.2) is 40.2 Å². The van der Waals surface area contributed by atoms with Crippen molar-refractivity contribution in [3.63, 3.8) is 0 Å². The van der Waals surface area contributed by atoms with Crippen LogP contribution in [-0.2, 0) is 24.4 Å². The van der Waals surface area contributed by atoms with E-state index in [1.54, 1.807) is 23.1 Å². The van der Waals surface area contributed by atoms with Gasteiger partial charge in [-0.3, -0.25) is 19.4 Å². The number of carbonyl (C=O) groups excluding carboxylic acids is 2. The molecule has 0 radical (unpaired) electrons. The second kappa shape index (κ2) is 13.0. The summed E-state index contributed by atoms with van der Waals surface area (Å²) in [7, 11) is -4.01. The van der Waals surface area contributed by atoms with Gasteiger partial charge in [0.05, 0.1) is 11.2 Å². The smallest absolute Gasteiger partial charge is 0.321 e. The Labute approximate surface area is 217 Å². The van der Waals surface area contributed by atoms with E-state index in [-0.39, 0.29) is 35.0 Å². The number of aliphatic imine (C=N–C) groups is 1. The average Bonchev–Trinajstić information content (AvgIpc) is 2.90. The zero-order chi connectivity index (χ0) is 26.9. The van der Waals surface area contributed by atoms with Crippen molar-refractivity contribution < 1.29 is 27.9 Å². The van der Waals surface area contributed by atoms with Crippen molar-refractivity contribution >= 4 is 34.1 Å². The first kappa shape index (κ1) is 28.5. The number of aliphatic carboxylic acids is 1. The maximum atomic E-state index is 12.8.